The quantitative estimate of drug-likeness (QED) is 0.826. The predicted octanol–water partition coefficient (Wildman–Crippen LogP) is 2.52. The maximum Gasteiger partial charge on any atom is 0.263 e. The molecule has 1 fully saturated rings. The van der Waals surface area contributed by atoms with Crippen LogP contribution in [0.15, 0.2) is 30.3 Å². The summed E-state index contributed by atoms with van der Waals surface area (Å²) in [4.78, 5) is 16.6. The van der Waals surface area contributed by atoms with Crippen LogP contribution < -0.4 is 9.64 Å². The standard InChI is InChI=1S/C20H26N4O2/c1-13-7-6-8-18(15(13)3)26-16(4)20(25)23(5)17-11-24(12-17)19-10-9-14(2)21-22-19/h6-10,16-17H,11-12H2,1-5H3. The smallest absolute Gasteiger partial charge is 0.263 e. The van der Waals surface area contributed by atoms with Gasteiger partial charge in [0.2, 0.25) is 0 Å². The molecule has 0 saturated carbocycles. The molecule has 2 aromatic rings. The number of ether oxygens (including phenoxy) is 1. The molecule has 6 heteroatoms. The van der Waals surface area contributed by atoms with Crippen molar-refractivity contribution in [2.24, 2.45) is 0 Å². The lowest BCUT2D eigenvalue weighted by Crippen LogP contribution is -2.61. The van der Waals surface area contributed by atoms with Gasteiger partial charge in [-0.2, -0.15) is 5.10 Å². The number of rotatable bonds is 5. The van der Waals surface area contributed by atoms with Gasteiger partial charge in [0.25, 0.3) is 5.91 Å². The number of carbonyl (C=O) groups is 1. The summed E-state index contributed by atoms with van der Waals surface area (Å²) in [6, 6.07) is 9.97. The van der Waals surface area contributed by atoms with Gasteiger partial charge in [-0.05, 0) is 57.0 Å². The lowest BCUT2D eigenvalue weighted by atomic mass is 10.1. The molecule has 0 radical (unpaired) electrons. The van der Waals surface area contributed by atoms with Crippen molar-refractivity contribution < 1.29 is 9.53 Å². The number of amides is 1. The molecule has 1 saturated heterocycles. The number of anilines is 1. The van der Waals surface area contributed by atoms with Gasteiger partial charge in [-0.1, -0.05) is 12.1 Å². The minimum atomic E-state index is -0.520. The number of carbonyl (C=O) groups excluding carboxylic acids is 1. The molecule has 26 heavy (non-hydrogen) atoms. The molecule has 1 aliphatic rings. The maximum atomic E-state index is 12.7. The molecule has 0 spiro atoms. The van der Waals surface area contributed by atoms with E-state index in [0.29, 0.717) is 0 Å². The van der Waals surface area contributed by atoms with E-state index in [1.54, 1.807) is 4.90 Å². The topological polar surface area (TPSA) is 58.6 Å². The van der Waals surface area contributed by atoms with Gasteiger partial charge in [0.1, 0.15) is 5.75 Å². The fourth-order valence-electron chi connectivity index (χ4n) is 3.01. The van der Waals surface area contributed by atoms with E-state index in [9.17, 15) is 4.79 Å². The second kappa shape index (κ2) is 7.32. The SMILES string of the molecule is Cc1ccc(N2CC(N(C)C(=O)C(C)Oc3cccc(C)c3C)C2)nn1. The minimum Gasteiger partial charge on any atom is -0.481 e. The summed E-state index contributed by atoms with van der Waals surface area (Å²) in [5, 5.41) is 8.28. The summed E-state index contributed by atoms with van der Waals surface area (Å²) < 4.78 is 5.93. The van der Waals surface area contributed by atoms with Crippen LogP contribution in [0.1, 0.15) is 23.7 Å². The molecule has 1 aromatic carbocycles. The summed E-state index contributed by atoms with van der Waals surface area (Å²) in [5.74, 6) is 1.61. The lowest BCUT2D eigenvalue weighted by Gasteiger charge is -2.44. The third-order valence-corrected chi connectivity index (χ3v) is 5.07. The fraction of sp³-hybridized carbons (Fsp3) is 0.450. The van der Waals surface area contributed by atoms with Crippen molar-refractivity contribution in [3.05, 3.63) is 47.2 Å². The highest BCUT2D eigenvalue weighted by atomic mass is 16.5. The molecule has 0 bridgehead atoms. The van der Waals surface area contributed by atoms with Gasteiger partial charge in [-0.25, -0.2) is 0 Å². The molecule has 1 unspecified atom stereocenters. The third kappa shape index (κ3) is 3.64. The highest BCUT2D eigenvalue weighted by molar-refractivity contribution is 5.81. The van der Waals surface area contributed by atoms with Gasteiger partial charge in [-0.3, -0.25) is 4.79 Å². The Hall–Kier alpha value is -2.63. The Bertz CT molecular complexity index is 785. The summed E-state index contributed by atoms with van der Waals surface area (Å²) in [6.07, 6.45) is -0.520. The van der Waals surface area contributed by atoms with Crippen molar-refractivity contribution in [1.29, 1.82) is 0 Å². The third-order valence-electron chi connectivity index (χ3n) is 5.07. The van der Waals surface area contributed by atoms with Gasteiger partial charge in [0.05, 0.1) is 11.7 Å². The molecule has 6 nitrogen and oxygen atoms in total. The van der Waals surface area contributed by atoms with Crippen molar-refractivity contribution in [2.45, 2.75) is 39.8 Å². The molecule has 1 atom stereocenters. The Morgan fingerprint density at radius 3 is 2.58 bits per heavy atom. The number of aryl methyl sites for hydroxylation is 2. The van der Waals surface area contributed by atoms with Crippen molar-refractivity contribution >= 4 is 11.7 Å². The number of hydrogen-bond acceptors (Lipinski definition) is 5. The largest absolute Gasteiger partial charge is 0.481 e. The summed E-state index contributed by atoms with van der Waals surface area (Å²) in [7, 11) is 1.84. The lowest BCUT2D eigenvalue weighted by molar-refractivity contribution is -0.139. The molecular weight excluding hydrogens is 328 g/mol. The first-order chi connectivity index (χ1) is 12.4. The van der Waals surface area contributed by atoms with Gasteiger partial charge in [0, 0.05) is 20.1 Å². The average molecular weight is 354 g/mol. The predicted molar refractivity (Wildman–Crippen MR) is 102 cm³/mol. The van der Waals surface area contributed by atoms with Gasteiger partial charge < -0.3 is 14.5 Å². The Labute approximate surface area is 154 Å². The van der Waals surface area contributed by atoms with E-state index in [0.717, 1.165) is 41.5 Å². The summed E-state index contributed by atoms with van der Waals surface area (Å²) in [6.45, 7) is 9.30. The second-order valence-corrected chi connectivity index (χ2v) is 7.00. The van der Waals surface area contributed by atoms with Crippen molar-refractivity contribution in [3.63, 3.8) is 0 Å². The monoisotopic (exact) mass is 354 g/mol. The Kier molecular flexibility index (Phi) is 5.11. The van der Waals surface area contributed by atoms with E-state index in [4.69, 9.17) is 4.74 Å². The number of likely N-dealkylation sites (N-methyl/N-ethyl adjacent to an activating group) is 1. The fourth-order valence-corrected chi connectivity index (χ4v) is 3.01. The van der Waals surface area contributed by atoms with Crippen LogP contribution in [-0.4, -0.2) is 53.3 Å². The van der Waals surface area contributed by atoms with Crippen LogP contribution in [0, 0.1) is 20.8 Å². The van der Waals surface area contributed by atoms with Gasteiger partial charge in [0.15, 0.2) is 11.9 Å². The van der Waals surface area contributed by atoms with E-state index >= 15 is 0 Å². The normalized spacial score (nSPS) is 15.3. The zero-order valence-corrected chi connectivity index (χ0v) is 16.1. The van der Waals surface area contributed by atoms with E-state index in [1.807, 2.05) is 65.1 Å². The van der Waals surface area contributed by atoms with Crippen LogP contribution >= 0.6 is 0 Å². The molecule has 1 amide bonds. The number of benzene rings is 1. The van der Waals surface area contributed by atoms with Gasteiger partial charge in [-0.15, -0.1) is 5.10 Å². The summed E-state index contributed by atoms with van der Waals surface area (Å²) in [5.41, 5.74) is 3.13. The zero-order valence-electron chi connectivity index (χ0n) is 16.1. The number of nitrogens with zero attached hydrogens (tertiary/aromatic N) is 4. The molecule has 0 N–H and O–H groups in total. The molecule has 3 rings (SSSR count). The van der Waals surface area contributed by atoms with Gasteiger partial charge >= 0.3 is 0 Å². The maximum absolute atomic E-state index is 12.7. The van der Waals surface area contributed by atoms with E-state index < -0.39 is 6.10 Å². The van der Waals surface area contributed by atoms with Crippen molar-refractivity contribution in [3.8, 4) is 5.75 Å². The van der Waals surface area contributed by atoms with Crippen LogP contribution in [0.2, 0.25) is 0 Å². The zero-order chi connectivity index (χ0) is 18.8. The molecule has 0 aliphatic carbocycles. The first-order valence-electron chi connectivity index (χ1n) is 8.91. The van der Waals surface area contributed by atoms with E-state index in [1.165, 1.54) is 0 Å². The van der Waals surface area contributed by atoms with Crippen LogP contribution in [-0.2, 0) is 4.79 Å². The van der Waals surface area contributed by atoms with Crippen LogP contribution in [0.4, 0.5) is 5.82 Å². The first-order valence-corrected chi connectivity index (χ1v) is 8.91. The van der Waals surface area contributed by atoms with Crippen LogP contribution in [0.5, 0.6) is 5.75 Å². The van der Waals surface area contributed by atoms with Crippen LogP contribution in [0.25, 0.3) is 0 Å². The second-order valence-electron chi connectivity index (χ2n) is 7.00. The van der Waals surface area contributed by atoms with Crippen molar-refractivity contribution in [1.82, 2.24) is 15.1 Å². The van der Waals surface area contributed by atoms with E-state index in [2.05, 4.69) is 15.1 Å². The number of hydrogen-bond donors (Lipinski definition) is 0. The molecule has 2 heterocycles. The minimum absolute atomic E-state index is 0.00875. The Morgan fingerprint density at radius 2 is 1.92 bits per heavy atom. The summed E-state index contributed by atoms with van der Waals surface area (Å²) >= 11 is 0. The average Bonchev–Trinajstić information content (AvgIpc) is 2.58. The van der Waals surface area contributed by atoms with Crippen molar-refractivity contribution in [2.75, 3.05) is 25.0 Å². The molecule has 1 aromatic heterocycles. The molecule has 138 valence electrons. The Morgan fingerprint density at radius 1 is 1.19 bits per heavy atom. The van der Waals surface area contributed by atoms with E-state index in [-0.39, 0.29) is 11.9 Å². The highest BCUT2D eigenvalue weighted by Gasteiger charge is 2.35. The highest BCUT2D eigenvalue weighted by Crippen LogP contribution is 2.24. The molecule has 1 aliphatic heterocycles. The van der Waals surface area contributed by atoms with Crippen LogP contribution in [0.3, 0.4) is 0 Å². The number of aromatic nitrogens is 2. The molecular formula is C20H26N4O2. The Balaban J connectivity index is 1.56. The first kappa shape index (κ1) is 18.2.